The van der Waals surface area contributed by atoms with Crippen molar-refractivity contribution in [2.75, 3.05) is 0 Å². The van der Waals surface area contributed by atoms with Crippen LogP contribution in [0.15, 0.2) is 54.9 Å². The zero-order valence-electron chi connectivity index (χ0n) is 14.0. The molecular formula is C18H17F2N5O. The summed E-state index contributed by atoms with van der Waals surface area (Å²) in [5.41, 5.74) is 1.14. The second kappa shape index (κ2) is 7.81. The summed E-state index contributed by atoms with van der Waals surface area (Å²) in [4.78, 5) is 12.8. The lowest BCUT2D eigenvalue weighted by Crippen LogP contribution is -2.36. The summed E-state index contributed by atoms with van der Waals surface area (Å²) in [6.45, 7) is 1.63. The topological polar surface area (TPSA) is 72.7 Å². The van der Waals surface area contributed by atoms with Gasteiger partial charge in [-0.2, -0.15) is 0 Å². The third-order valence-corrected chi connectivity index (χ3v) is 4.05. The van der Waals surface area contributed by atoms with Crippen molar-refractivity contribution >= 4 is 5.91 Å². The number of carbonyl (C=O) groups excluding carboxylic acids is 1. The van der Waals surface area contributed by atoms with Crippen LogP contribution >= 0.6 is 0 Å². The lowest BCUT2D eigenvalue weighted by molar-refractivity contribution is -0.125. The van der Waals surface area contributed by atoms with Gasteiger partial charge in [0.15, 0.2) is 0 Å². The van der Waals surface area contributed by atoms with Crippen molar-refractivity contribution in [2.24, 2.45) is 0 Å². The van der Waals surface area contributed by atoms with Crippen LogP contribution in [0.3, 0.4) is 0 Å². The first kappa shape index (κ1) is 17.7. The summed E-state index contributed by atoms with van der Waals surface area (Å²) < 4.78 is 28.4. The van der Waals surface area contributed by atoms with E-state index in [1.54, 1.807) is 6.92 Å². The Morgan fingerprint density at radius 3 is 2.62 bits per heavy atom. The Balaban J connectivity index is 1.79. The van der Waals surface area contributed by atoms with Crippen LogP contribution in [0.1, 0.15) is 30.1 Å². The average Bonchev–Trinajstić information content (AvgIpc) is 3.14. The van der Waals surface area contributed by atoms with Crippen LogP contribution in [-0.2, 0) is 11.2 Å². The van der Waals surface area contributed by atoms with Gasteiger partial charge >= 0.3 is 0 Å². The van der Waals surface area contributed by atoms with Gasteiger partial charge in [0, 0.05) is 18.1 Å². The van der Waals surface area contributed by atoms with E-state index in [0.717, 1.165) is 17.7 Å². The third-order valence-electron chi connectivity index (χ3n) is 4.05. The quantitative estimate of drug-likeness (QED) is 0.736. The Labute approximate surface area is 148 Å². The SMILES string of the molecule is C[C@@H](NC(=O)[C@@H](Cc1ccccc1)n1cnnn1)c1ccc(F)cc1F. The predicted molar refractivity (Wildman–Crippen MR) is 89.9 cm³/mol. The molecule has 0 spiro atoms. The fourth-order valence-corrected chi connectivity index (χ4v) is 2.69. The molecular weight excluding hydrogens is 340 g/mol. The highest BCUT2D eigenvalue weighted by atomic mass is 19.1. The molecule has 3 aromatic rings. The van der Waals surface area contributed by atoms with Gasteiger partial charge in [0.1, 0.15) is 24.0 Å². The zero-order valence-corrected chi connectivity index (χ0v) is 14.0. The van der Waals surface area contributed by atoms with Crippen LogP contribution in [0, 0.1) is 11.6 Å². The van der Waals surface area contributed by atoms with E-state index in [-0.39, 0.29) is 11.5 Å². The first-order chi connectivity index (χ1) is 12.5. The second-order valence-corrected chi connectivity index (χ2v) is 5.89. The number of carbonyl (C=O) groups is 1. The fraction of sp³-hybridized carbons (Fsp3) is 0.222. The largest absolute Gasteiger partial charge is 0.348 e. The molecule has 2 aromatic carbocycles. The number of nitrogens with one attached hydrogen (secondary N) is 1. The first-order valence-electron chi connectivity index (χ1n) is 8.06. The van der Waals surface area contributed by atoms with E-state index >= 15 is 0 Å². The van der Waals surface area contributed by atoms with Gasteiger partial charge in [-0.05, 0) is 29.0 Å². The summed E-state index contributed by atoms with van der Waals surface area (Å²) in [6, 6.07) is 11.4. The normalized spacial score (nSPS) is 13.2. The van der Waals surface area contributed by atoms with Crippen molar-refractivity contribution in [1.29, 1.82) is 0 Å². The van der Waals surface area contributed by atoms with E-state index in [4.69, 9.17) is 0 Å². The molecule has 0 unspecified atom stereocenters. The fourth-order valence-electron chi connectivity index (χ4n) is 2.69. The molecule has 1 aromatic heterocycles. The summed E-state index contributed by atoms with van der Waals surface area (Å²) >= 11 is 0. The third kappa shape index (κ3) is 4.08. The maximum atomic E-state index is 13.9. The molecule has 3 rings (SSSR count). The van der Waals surface area contributed by atoms with E-state index in [9.17, 15) is 13.6 Å². The highest BCUT2D eigenvalue weighted by molar-refractivity contribution is 5.80. The van der Waals surface area contributed by atoms with E-state index in [2.05, 4.69) is 20.8 Å². The average molecular weight is 357 g/mol. The Morgan fingerprint density at radius 1 is 1.19 bits per heavy atom. The predicted octanol–water partition coefficient (Wildman–Crippen LogP) is 2.61. The van der Waals surface area contributed by atoms with Crippen molar-refractivity contribution in [3.63, 3.8) is 0 Å². The van der Waals surface area contributed by atoms with E-state index in [1.807, 2.05) is 30.3 Å². The van der Waals surface area contributed by atoms with E-state index in [1.165, 1.54) is 17.1 Å². The zero-order chi connectivity index (χ0) is 18.5. The minimum absolute atomic E-state index is 0.204. The van der Waals surface area contributed by atoms with Crippen molar-refractivity contribution < 1.29 is 13.6 Å². The van der Waals surface area contributed by atoms with E-state index < -0.39 is 23.7 Å². The molecule has 8 heteroatoms. The van der Waals surface area contributed by atoms with Crippen LogP contribution in [0.4, 0.5) is 8.78 Å². The van der Waals surface area contributed by atoms with Gasteiger partial charge in [-0.1, -0.05) is 36.4 Å². The van der Waals surface area contributed by atoms with Gasteiger partial charge in [0.05, 0.1) is 6.04 Å². The summed E-state index contributed by atoms with van der Waals surface area (Å²) in [6.07, 6.45) is 1.73. The standard InChI is InChI=1S/C18H17F2N5O/c1-12(15-8-7-14(19)10-16(15)20)22-18(26)17(25-11-21-23-24-25)9-13-5-3-2-4-6-13/h2-8,10-12,17H,9H2,1H3,(H,22,26)/t12-,17-/m1/s1. The van der Waals surface area contributed by atoms with Crippen LogP contribution < -0.4 is 5.32 Å². The van der Waals surface area contributed by atoms with Crippen molar-refractivity contribution in [3.8, 4) is 0 Å². The number of amides is 1. The number of hydrogen-bond acceptors (Lipinski definition) is 4. The monoisotopic (exact) mass is 357 g/mol. The van der Waals surface area contributed by atoms with Gasteiger partial charge in [0.2, 0.25) is 5.91 Å². The number of rotatable bonds is 6. The van der Waals surface area contributed by atoms with Gasteiger partial charge in [0.25, 0.3) is 0 Å². The number of halogens is 2. The van der Waals surface area contributed by atoms with Crippen molar-refractivity contribution in [1.82, 2.24) is 25.5 Å². The van der Waals surface area contributed by atoms with Gasteiger partial charge < -0.3 is 5.32 Å². The molecule has 0 bridgehead atoms. The molecule has 2 atom stereocenters. The molecule has 0 fully saturated rings. The number of aromatic nitrogens is 4. The number of benzene rings is 2. The van der Waals surface area contributed by atoms with Crippen LogP contribution in [-0.4, -0.2) is 26.1 Å². The Morgan fingerprint density at radius 2 is 1.96 bits per heavy atom. The maximum absolute atomic E-state index is 13.9. The Hall–Kier alpha value is -3.16. The molecule has 0 saturated carbocycles. The summed E-state index contributed by atoms with van der Waals surface area (Å²) in [7, 11) is 0. The molecule has 134 valence electrons. The lowest BCUT2D eigenvalue weighted by Gasteiger charge is -2.20. The van der Waals surface area contributed by atoms with Crippen LogP contribution in [0.25, 0.3) is 0 Å². The molecule has 1 heterocycles. The maximum Gasteiger partial charge on any atom is 0.245 e. The Kier molecular flexibility index (Phi) is 5.31. The first-order valence-corrected chi connectivity index (χ1v) is 8.06. The number of hydrogen-bond donors (Lipinski definition) is 1. The highest BCUT2D eigenvalue weighted by Crippen LogP contribution is 2.20. The molecule has 0 saturated heterocycles. The summed E-state index contributed by atoms with van der Waals surface area (Å²) in [5, 5.41) is 13.7. The molecule has 0 aliphatic carbocycles. The number of tetrazole rings is 1. The molecule has 0 aliphatic heterocycles. The minimum atomic E-state index is -0.708. The van der Waals surface area contributed by atoms with Gasteiger partial charge in [-0.3, -0.25) is 4.79 Å². The minimum Gasteiger partial charge on any atom is -0.348 e. The lowest BCUT2D eigenvalue weighted by atomic mass is 10.0. The highest BCUT2D eigenvalue weighted by Gasteiger charge is 2.24. The van der Waals surface area contributed by atoms with Gasteiger partial charge in [-0.15, -0.1) is 5.10 Å². The Bertz CT molecular complexity index is 871. The molecule has 6 nitrogen and oxygen atoms in total. The van der Waals surface area contributed by atoms with Crippen molar-refractivity contribution in [2.45, 2.75) is 25.4 Å². The summed E-state index contributed by atoms with van der Waals surface area (Å²) in [5.74, 6) is -1.74. The molecule has 1 amide bonds. The molecule has 0 aliphatic rings. The molecule has 1 N–H and O–H groups in total. The molecule has 26 heavy (non-hydrogen) atoms. The van der Waals surface area contributed by atoms with Crippen molar-refractivity contribution in [3.05, 3.63) is 77.6 Å². The van der Waals surface area contributed by atoms with Crippen LogP contribution in [0.5, 0.6) is 0 Å². The smallest absolute Gasteiger partial charge is 0.245 e. The van der Waals surface area contributed by atoms with Gasteiger partial charge in [-0.25, -0.2) is 13.5 Å². The van der Waals surface area contributed by atoms with Crippen LogP contribution in [0.2, 0.25) is 0 Å². The second-order valence-electron chi connectivity index (χ2n) is 5.89. The van der Waals surface area contributed by atoms with E-state index in [0.29, 0.717) is 6.42 Å². The number of nitrogens with zero attached hydrogens (tertiary/aromatic N) is 4. The molecule has 0 radical (unpaired) electrons.